The summed E-state index contributed by atoms with van der Waals surface area (Å²) in [5, 5.41) is 2.99. The zero-order valence-corrected chi connectivity index (χ0v) is 16.7. The summed E-state index contributed by atoms with van der Waals surface area (Å²) >= 11 is 0. The van der Waals surface area contributed by atoms with Crippen molar-refractivity contribution in [2.45, 2.75) is 11.4 Å². The Labute approximate surface area is 159 Å². The number of nitrogens with two attached hydrogens (primary N) is 1. The molecule has 3 N–H and O–H groups in total. The predicted octanol–water partition coefficient (Wildman–Crippen LogP) is 2.48. The smallest absolute Gasteiger partial charge is 0.242 e. The molecule has 2 aromatic carbocycles. The normalized spacial score (nSPS) is 11.9. The summed E-state index contributed by atoms with van der Waals surface area (Å²) in [7, 11) is -0.398. The Bertz CT molecular complexity index is 775. The first-order chi connectivity index (χ1) is 10.9. The second-order valence-corrected chi connectivity index (χ2v) is 7.28. The fourth-order valence-electron chi connectivity index (χ4n) is 1.86. The molecule has 0 aromatic heterocycles. The van der Waals surface area contributed by atoms with Crippen molar-refractivity contribution in [2.24, 2.45) is 10.7 Å². The number of para-hydroxylation sites is 1. The average molecular weight is 460 g/mol. The lowest BCUT2D eigenvalue weighted by Gasteiger charge is -2.11. The van der Waals surface area contributed by atoms with E-state index in [1.165, 1.54) is 18.4 Å². The van der Waals surface area contributed by atoms with Crippen molar-refractivity contribution < 1.29 is 8.42 Å². The first-order valence-electron chi connectivity index (χ1n) is 7.03. The third-order valence-corrected chi connectivity index (χ3v) is 5.01. The molecule has 130 valence electrons. The molecule has 0 fully saturated rings. The summed E-state index contributed by atoms with van der Waals surface area (Å²) in [5.74, 6) is 0.307. The van der Waals surface area contributed by atoms with Crippen LogP contribution in [0.3, 0.4) is 0 Å². The lowest BCUT2D eigenvalue weighted by Crippen LogP contribution is -2.22. The van der Waals surface area contributed by atoms with E-state index in [0.29, 0.717) is 12.5 Å². The van der Waals surface area contributed by atoms with E-state index in [1.807, 2.05) is 30.3 Å². The molecule has 8 heteroatoms. The van der Waals surface area contributed by atoms with Gasteiger partial charge in [-0.25, -0.2) is 17.7 Å². The van der Waals surface area contributed by atoms with Gasteiger partial charge in [0.25, 0.3) is 0 Å². The third-order valence-electron chi connectivity index (χ3n) is 3.18. The lowest BCUT2D eigenvalue weighted by atomic mass is 10.2. The van der Waals surface area contributed by atoms with E-state index in [1.54, 1.807) is 24.3 Å². The van der Waals surface area contributed by atoms with Crippen molar-refractivity contribution in [3.8, 4) is 0 Å². The van der Waals surface area contributed by atoms with Gasteiger partial charge in [-0.05, 0) is 29.8 Å². The van der Waals surface area contributed by atoms with Gasteiger partial charge in [0.05, 0.1) is 11.4 Å². The molecule has 0 amide bonds. The van der Waals surface area contributed by atoms with Gasteiger partial charge in [0.15, 0.2) is 5.96 Å². The number of anilines is 1. The summed E-state index contributed by atoms with van der Waals surface area (Å²) in [6.45, 7) is 0.369. The van der Waals surface area contributed by atoms with Crippen molar-refractivity contribution in [1.82, 2.24) is 4.31 Å². The third kappa shape index (κ3) is 5.46. The standard InChI is InChI=1S/C16H20N4O2S.HI/c1-20(2)23(21,22)15-10-8-13(9-11-15)12-18-16(17)19-14-6-4-3-5-7-14;/h3-11H,12H2,1-2H3,(H3,17,18,19);1H. The molecule has 0 aliphatic heterocycles. The minimum Gasteiger partial charge on any atom is -0.370 e. The molecule has 0 unspecified atom stereocenters. The highest BCUT2D eigenvalue weighted by atomic mass is 127. The van der Waals surface area contributed by atoms with Crippen molar-refractivity contribution in [3.05, 3.63) is 60.2 Å². The molecule has 2 aromatic rings. The molecule has 0 aliphatic carbocycles. The first-order valence-corrected chi connectivity index (χ1v) is 8.47. The molecular weight excluding hydrogens is 439 g/mol. The fourth-order valence-corrected chi connectivity index (χ4v) is 2.76. The van der Waals surface area contributed by atoms with E-state index < -0.39 is 10.0 Å². The number of rotatable bonds is 5. The maximum absolute atomic E-state index is 12.0. The minimum absolute atomic E-state index is 0. The molecule has 0 bridgehead atoms. The van der Waals surface area contributed by atoms with E-state index in [-0.39, 0.29) is 28.9 Å². The quantitative estimate of drug-likeness (QED) is 0.408. The Morgan fingerprint density at radius 3 is 2.21 bits per heavy atom. The van der Waals surface area contributed by atoms with Gasteiger partial charge in [0.2, 0.25) is 10.0 Å². The van der Waals surface area contributed by atoms with Crippen LogP contribution in [-0.2, 0) is 16.6 Å². The van der Waals surface area contributed by atoms with Crippen LogP contribution >= 0.6 is 24.0 Å². The van der Waals surface area contributed by atoms with Gasteiger partial charge in [-0.15, -0.1) is 24.0 Å². The summed E-state index contributed by atoms with van der Waals surface area (Å²) in [6.07, 6.45) is 0. The number of aliphatic imine (C=N–C) groups is 1. The number of nitrogens with one attached hydrogen (secondary N) is 1. The van der Waals surface area contributed by atoms with Crippen LogP contribution in [0.2, 0.25) is 0 Å². The monoisotopic (exact) mass is 460 g/mol. The van der Waals surface area contributed by atoms with Gasteiger partial charge < -0.3 is 11.1 Å². The van der Waals surface area contributed by atoms with Crippen LogP contribution in [0.1, 0.15) is 5.56 Å². The molecular formula is C16H21IN4O2S. The number of hydrogen-bond donors (Lipinski definition) is 2. The highest BCUT2D eigenvalue weighted by Gasteiger charge is 2.16. The zero-order valence-electron chi connectivity index (χ0n) is 13.5. The van der Waals surface area contributed by atoms with E-state index in [4.69, 9.17) is 5.73 Å². The van der Waals surface area contributed by atoms with Gasteiger partial charge in [0.1, 0.15) is 0 Å². The van der Waals surface area contributed by atoms with Crippen molar-refractivity contribution in [2.75, 3.05) is 19.4 Å². The molecule has 0 saturated heterocycles. The highest BCUT2D eigenvalue weighted by molar-refractivity contribution is 14.0. The van der Waals surface area contributed by atoms with Crippen LogP contribution in [0.15, 0.2) is 64.5 Å². The zero-order chi connectivity index (χ0) is 16.9. The van der Waals surface area contributed by atoms with Crippen LogP contribution in [0, 0.1) is 0 Å². The summed E-state index contributed by atoms with van der Waals surface area (Å²) in [6, 6.07) is 16.1. The largest absolute Gasteiger partial charge is 0.370 e. The van der Waals surface area contributed by atoms with Crippen LogP contribution in [0.25, 0.3) is 0 Å². The molecule has 0 heterocycles. The fraction of sp³-hybridized carbons (Fsp3) is 0.188. The number of guanidine groups is 1. The molecule has 0 aliphatic rings. The van der Waals surface area contributed by atoms with Crippen molar-refractivity contribution in [3.63, 3.8) is 0 Å². The Morgan fingerprint density at radius 2 is 1.67 bits per heavy atom. The van der Waals surface area contributed by atoms with Crippen LogP contribution in [0.4, 0.5) is 5.69 Å². The SMILES string of the molecule is CN(C)S(=O)(=O)c1ccc(CN=C(N)Nc2ccccc2)cc1.I. The van der Waals surface area contributed by atoms with Crippen LogP contribution < -0.4 is 11.1 Å². The highest BCUT2D eigenvalue weighted by Crippen LogP contribution is 2.14. The molecule has 6 nitrogen and oxygen atoms in total. The summed E-state index contributed by atoms with van der Waals surface area (Å²) in [5.41, 5.74) is 7.57. The first kappa shape index (κ1) is 20.4. The summed E-state index contributed by atoms with van der Waals surface area (Å²) < 4.78 is 25.1. The van der Waals surface area contributed by atoms with Crippen LogP contribution in [0.5, 0.6) is 0 Å². The number of nitrogens with zero attached hydrogens (tertiary/aromatic N) is 2. The van der Waals surface area contributed by atoms with Crippen LogP contribution in [-0.4, -0.2) is 32.8 Å². The van der Waals surface area contributed by atoms with Gasteiger partial charge in [-0.3, -0.25) is 0 Å². The van der Waals surface area contributed by atoms with E-state index in [0.717, 1.165) is 11.3 Å². The number of hydrogen-bond acceptors (Lipinski definition) is 3. The second kappa shape index (κ2) is 9.00. The number of halogens is 1. The minimum atomic E-state index is -3.41. The Balaban J connectivity index is 0.00000288. The molecule has 2 rings (SSSR count). The lowest BCUT2D eigenvalue weighted by molar-refractivity contribution is 0.520. The molecule has 24 heavy (non-hydrogen) atoms. The van der Waals surface area contributed by atoms with E-state index in [2.05, 4.69) is 10.3 Å². The predicted molar refractivity (Wildman–Crippen MR) is 108 cm³/mol. The Hall–Kier alpha value is -1.65. The van der Waals surface area contributed by atoms with Gasteiger partial charge in [0, 0.05) is 19.8 Å². The van der Waals surface area contributed by atoms with E-state index >= 15 is 0 Å². The average Bonchev–Trinajstić information content (AvgIpc) is 2.54. The van der Waals surface area contributed by atoms with Gasteiger partial charge in [-0.1, -0.05) is 30.3 Å². The Kier molecular flexibility index (Phi) is 7.64. The molecule has 0 saturated carbocycles. The van der Waals surface area contributed by atoms with E-state index in [9.17, 15) is 8.42 Å². The Morgan fingerprint density at radius 1 is 1.08 bits per heavy atom. The van der Waals surface area contributed by atoms with Crippen molar-refractivity contribution in [1.29, 1.82) is 0 Å². The van der Waals surface area contributed by atoms with Crippen molar-refractivity contribution >= 4 is 45.6 Å². The number of sulfonamides is 1. The molecule has 0 radical (unpaired) electrons. The second-order valence-electron chi connectivity index (χ2n) is 5.12. The van der Waals surface area contributed by atoms with Gasteiger partial charge >= 0.3 is 0 Å². The maximum atomic E-state index is 12.0. The topological polar surface area (TPSA) is 87.8 Å². The number of benzene rings is 2. The maximum Gasteiger partial charge on any atom is 0.242 e. The summed E-state index contributed by atoms with van der Waals surface area (Å²) in [4.78, 5) is 4.50. The molecule has 0 spiro atoms. The molecule has 0 atom stereocenters. The van der Waals surface area contributed by atoms with Gasteiger partial charge in [-0.2, -0.15) is 0 Å².